The van der Waals surface area contributed by atoms with E-state index in [1.165, 1.54) is 4.68 Å². The molecule has 1 aromatic carbocycles. The lowest BCUT2D eigenvalue weighted by Crippen LogP contribution is -2.54. The van der Waals surface area contributed by atoms with E-state index in [0.29, 0.717) is 31.4 Å². The number of aromatic nitrogens is 2. The van der Waals surface area contributed by atoms with Crippen molar-refractivity contribution in [2.24, 2.45) is 0 Å². The summed E-state index contributed by atoms with van der Waals surface area (Å²) in [5.74, 6) is 0.101. The number of nitrogens with one attached hydrogen (secondary N) is 1. The number of nitrogens with zero attached hydrogens (tertiary/aromatic N) is 4. The number of amides is 1. The number of hydrogen-bond acceptors (Lipinski definition) is 5. The molecular formula is C21H26ClN5O2. The molecule has 1 amide bonds. The van der Waals surface area contributed by atoms with Crippen LogP contribution in [0.5, 0.6) is 0 Å². The predicted octanol–water partition coefficient (Wildman–Crippen LogP) is 1.73. The van der Waals surface area contributed by atoms with Crippen LogP contribution in [0.4, 0.5) is 5.69 Å². The highest BCUT2D eigenvalue weighted by molar-refractivity contribution is 6.33. The maximum absolute atomic E-state index is 12.7. The van der Waals surface area contributed by atoms with Crippen molar-refractivity contribution < 1.29 is 4.79 Å². The van der Waals surface area contributed by atoms with Gasteiger partial charge in [0.2, 0.25) is 5.91 Å². The minimum atomic E-state index is -0.285. The van der Waals surface area contributed by atoms with E-state index < -0.39 is 0 Å². The average molecular weight is 416 g/mol. The Labute approximate surface area is 175 Å². The first-order chi connectivity index (χ1) is 14.0. The van der Waals surface area contributed by atoms with Gasteiger partial charge in [-0.3, -0.25) is 14.5 Å². The van der Waals surface area contributed by atoms with Crippen molar-refractivity contribution in [3.05, 3.63) is 57.5 Å². The molecule has 1 atom stereocenters. The number of benzene rings is 1. The molecule has 1 unspecified atom stereocenters. The number of carbonyl (C=O) groups is 1. The Hall–Kier alpha value is -2.38. The summed E-state index contributed by atoms with van der Waals surface area (Å²) in [6.07, 6.45) is 3.85. The van der Waals surface area contributed by atoms with Gasteiger partial charge in [0.1, 0.15) is 5.02 Å². The van der Waals surface area contributed by atoms with Crippen LogP contribution in [0.15, 0.2) is 41.3 Å². The van der Waals surface area contributed by atoms with Gasteiger partial charge in [-0.1, -0.05) is 41.9 Å². The van der Waals surface area contributed by atoms with Crippen molar-refractivity contribution in [1.29, 1.82) is 0 Å². The van der Waals surface area contributed by atoms with Crippen molar-refractivity contribution in [2.45, 2.75) is 38.4 Å². The van der Waals surface area contributed by atoms with E-state index in [9.17, 15) is 9.59 Å². The fourth-order valence-electron chi connectivity index (χ4n) is 3.61. The lowest BCUT2D eigenvalue weighted by molar-refractivity contribution is -0.126. The molecule has 29 heavy (non-hydrogen) atoms. The van der Waals surface area contributed by atoms with Gasteiger partial charge in [0.05, 0.1) is 24.5 Å². The largest absolute Gasteiger partial charge is 0.366 e. The SMILES string of the molecule is CC(C(=O)NC1CC1)N1CCN(c2cnn(Cc3ccccc3)c(=O)c2Cl)CC1. The van der Waals surface area contributed by atoms with E-state index in [2.05, 4.69) is 20.2 Å². The van der Waals surface area contributed by atoms with Gasteiger partial charge in [-0.2, -0.15) is 5.10 Å². The molecule has 8 heteroatoms. The normalized spacial score (nSPS) is 18.5. The lowest BCUT2D eigenvalue weighted by atomic mass is 10.2. The molecule has 1 aromatic heterocycles. The Morgan fingerprint density at radius 3 is 2.55 bits per heavy atom. The molecule has 1 N–H and O–H groups in total. The number of piperazine rings is 1. The Balaban J connectivity index is 1.40. The number of carbonyl (C=O) groups excluding carboxylic acids is 1. The first kappa shape index (κ1) is 19.9. The smallest absolute Gasteiger partial charge is 0.287 e. The monoisotopic (exact) mass is 415 g/mol. The molecular weight excluding hydrogens is 390 g/mol. The second kappa shape index (κ2) is 8.55. The Morgan fingerprint density at radius 2 is 1.90 bits per heavy atom. The Bertz CT molecular complexity index is 920. The van der Waals surface area contributed by atoms with Gasteiger partial charge in [-0.05, 0) is 25.3 Å². The lowest BCUT2D eigenvalue weighted by Gasteiger charge is -2.38. The van der Waals surface area contributed by atoms with Crippen LogP contribution in [-0.4, -0.2) is 58.9 Å². The summed E-state index contributed by atoms with van der Waals surface area (Å²) in [4.78, 5) is 29.2. The van der Waals surface area contributed by atoms with Crippen molar-refractivity contribution in [2.75, 3.05) is 31.1 Å². The quantitative estimate of drug-likeness (QED) is 0.778. The molecule has 2 heterocycles. The zero-order valence-corrected chi connectivity index (χ0v) is 17.3. The van der Waals surface area contributed by atoms with Gasteiger partial charge < -0.3 is 10.2 Å². The summed E-state index contributed by atoms with van der Waals surface area (Å²) in [5.41, 5.74) is 1.38. The van der Waals surface area contributed by atoms with Gasteiger partial charge in [0.25, 0.3) is 5.56 Å². The van der Waals surface area contributed by atoms with Gasteiger partial charge in [0.15, 0.2) is 0 Å². The van der Waals surface area contributed by atoms with Crippen LogP contribution in [0.25, 0.3) is 0 Å². The van der Waals surface area contributed by atoms with E-state index in [4.69, 9.17) is 11.6 Å². The van der Waals surface area contributed by atoms with E-state index in [1.54, 1.807) is 6.20 Å². The van der Waals surface area contributed by atoms with Crippen molar-refractivity contribution in [3.63, 3.8) is 0 Å². The van der Waals surface area contributed by atoms with Crippen LogP contribution in [0.3, 0.4) is 0 Å². The third-order valence-electron chi connectivity index (χ3n) is 5.65. The van der Waals surface area contributed by atoms with Crippen molar-refractivity contribution >= 4 is 23.2 Å². The fourth-order valence-corrected chi connectivity index (χ4v) is 3.88. The Morgan fingerprint density at radius 1 is 1.21 bits per heavy atom. The minimum Gasteiger partial charge on any atom is -0.366 e. The first-order valence-corrected chi connectivity index (χ1v) is 10.5. The number of rotatable bonds is 6. The number of halogens is 1. The standard InChI is InChI=1S/C21H26ClN5O2/c1-15(20(28)24-17-7-8-17)25-9-11-26(12-10-25)18-13-23-27(21(29)19(18)22)14-16-5-3-2-4-6-16/h2-6,13,15,17H,7-12,14H2,1H3,(H,24,28). The predicted molar refractivity (Wildman–Crippen MR) is 113 cm³/mol. The maximum Gasteiger partial charge on any atom is 0.287 e. The van der Waals surface area contributed by atoms with E-state index in [-0.39, 0.29) is 22.5 Å². The van der Waals surface area contributed by atoms with E-state index in [1.807, 2.05) is 37.3 Å². The second-order valence-electron chi connectivity index (χ2n) is 7.77. The highest BCUT2D eigenvalue weighted by atomic mass is 35.5. The summed E-state index contributed by atoms with van der Waals surface area (Å²) < 4.78 is 1.39. The topological polar surface area (TPSA) is 70.5 Å². The van der Waals surface area contributed by atoms with Crippen LogP contribution < -0.4 is 15.8 Å². The van der Waals surface area contributed by atoms with Crippen LogP contribution in [0, 0.1) is 0 Å². The van der Waals surface area contributed by atoms with Crippen LogP contribution >= 0.6 is 11.6 Å². The molecule has 0 bridgehead atoms. The summed E-state index contributed by atoms with van der Waals surface area (Å²) in [5, 5.41) is 7.60. The maximum atomic E-state index is 12.7. The first-order valence-electron chi connectivity index (χ1n) is 10.1. The van der Waals surface area contributed by atoms with Crippen LogP contribution in [-0.2, 0) is 11.3 Å². The third-order valence-corrected chi connectivity index (χ3v) is 6.00. The zero-order valence-electron chi connectivity index (χ0n) is 16.6. The van der Waals surface area contributed by atoms with Crippen LogP contribution in [0.2, 0.25) is 5.02 Å². The number of anilines is 1. The fraction of sp³-hybridized carbons (Fsp3) is 0.476. The molecule has 1 saturated heterocycles. The molecule has 1 aliphatic heterocycles. The molecule has 2 aromatic rings. The van der Waals surface area contributed by atoms with E-state index in [0.717, 1.165) is 31.5 Å². The average Bonchev–Trinajstić information content (AvgIpc) is 3.56. The molecule has 1 aliphatic carbocycles. The number of hydrogen-bond donors (Lipinski definition) is 1. The van der Waals surface area contributed by atoms with Gasteiger partial charge >= 0.3 is 0 Å². The molecule has 0 spiro atoms. The molecule has 2 fully saturated rings. The summed E-state index contributed by atoms with van der Waals surface area (Å²) in [7, 11) is 0. The molecule has 0 radical (unpaired) electrons. The van der Waals surface area contributed by atoms with Gasteiger partial charge in [0, 0.05) is 32.2 Å². The highest BCUT2D eigenvalue weighted by Gasteiger charge is 2.30. The molecule has 1 saturated carbocycles. The van der Waals surface area contributed by atoms with Crippen LogP contribution in [0.1, 0.15) is 25.3 Å². The minimum absolute atomic E-state index is 0.101. The van der Waals surface area contributed by atoms with Crippen molar-refractivity contribution in [3.8, 4) is 0 Å². The summed E-state index contributed by atoms with van der Waals surface area (Å²) in [6.45, 7) is 5.22. The van der Waals surface area contributed by atoms with Crippen molar-refractivity contribution in [1.82, 2.24) is 20.0 Å². The van der Waals surface area contributed by atoms with E-state index >= 15 is 0 Å². The summed E-state index contributed by atoms with van der Waals surface area (Å²) >= 11 is 6.42. The Kier molecular flexibility index (Phi) is 5.87. The molecule has 4 rings (SSSR count). The zero-order chi connectivity index (χ0) is 20.4. The molecule has 2 aliphatic rings. The molecule has 154 valence electrons. The summed E-state index contributed by atoms with van der Waals surface area (Å²) in [6, 6.07) is 9.93. The van der Waals surface area contributed by atoms with Gasteiger partial charge in [-0.15, -0.1) is 0 Å². The third kappa shape index (κ3) is 4.62. The highest BCUT2D eigenvalue weighted by Crippen LogP contribution is 2.23. The van der Waals surface area contributed by atoms with Gasteiger partial charge in [-0.25, -0.2) is 4.68 Å². The molecule has 7 nitrogen and oxygen atoms in total. The second-order valence-corrected chi connectivity index (χ2v) is 8.15.